The van der Waals surface area contributed by atoms with Crippen LogP contribution in [0.15, 0.2) is 0 Å². The van der Waals surface area contributed by atoms with Gasteiger partial charge in [0.1, 0.15) is 0 Å². The topological polar surface area (TPSA) is 0 Å². The van der Waals surface area contributed by atoms with Crippen molar-refractivity contribution in [3.8, 4) is 0 Å². The second kappa shape index (κ2) is 18.0. The summed E-state index contributed by atoms with van der Waals surface area (Å²) >= 11 is 0. The minimum Gasteiger partial charge on any atom is -1.00 e. The zero-order valence-electron chi connectivity index (χ0n) is 16.1. The Bertz CT molecular complexity index is 198. The minimum absolute atomic E-state index is 0. The lowest BCUT2D eigenvalue weighted by molar-refractivity contribution is -0.870. The maximum atomic E-state index is 2.30. The van der Waals surface area contributed by atoms with Gasteiger partial charge in [0, 0.05) is 0 Å². The quantitative estimate of drug-likeness (QED) is 0.202. The second-order valence-electron chi connectivity index (χ2n) is 7.96. The van der Waals surface area contributed by atoms with Gasteiger partial charge in [-0.1, -0.05) is 90.4 Å². The van der Waals surface area contributed by atoms with Crippen molar-refractivity contribution in [3.63, 3.8) is 0 Å². The molecule has 0 rings (SSSR count). The number of quaternary nitrogens is 1. The Morgan fingerprint density at radius 1 is 0.455 bits per heavy atom. The summed E-state index contributed by atoms with van der Waals surface area (Å²) in [5.74, 6) is 0. The predicted molar refractivity (Wildman–Crippen MR) is 97.8 cm³/mol. The first kappa shape index (κ1) is 24.9. The van der Waals surface area contributed by atoms with E-state index in [9.17, 15) is 0 Å². The molecule has 22 heavy (non-hydrogen) atoms. The first-order chi connectivity index (χ1) is 10.1. The molecule has 0 spiro atoms. The van der Waals surface area contributed by atoms with Crippen LogP contribution in [0.4, 0.5) is 0 Å². The highest BCUT2D eigenvalue weighted by atomic mass is 127. The van der Waals surface area contributed by atoms with Crippen molar-refractivity contribution in [3.05, 3.63) is 0 Å². The van der Waals surface area contributed by atoms with E-state index in [0.29, 0.717) is 0 Å². The van der Waals surface area contributed by atoms with E-state index in [1.807, 2.05) is 0 Å². The van der Waals surface area contributed by atoms with E-state index in [1.54, 1.807) is 0 Å². The fourth-order valence-electron chi connectivity index (χ4n) is 2.96. The SMILES string of the molecule is CCCCCCCCCCCCCCCCC[N+](C)(C)C.[I-]. The predicted octanol–water partition coefficient (Wildman–Crippen LogP) is 3.57. The third-order valence-electron chi connectivity index (χ3n) is 4.43. The van der Waals surface area contributed by atoms with Crippen molar-refractivity contribution in [2.45, 2.75) is 103 Å². The van der Waals surface area contributed by atoms with E-state index in [4.69, 9.17) is 0 Å². The highest BCUT2D eigenvalue weighted by Gasteiger charge is 2.04. The van der Waals surface area contributed by atoms with Crippen LogP contribution in [-0.4, -0.2) is 32.2 Å². The Labute approximate surface area is 159 Å². The molecule has 0 aliphatic heterocycles. The molecule has 136 valence electrons. The normalized spacial score (nSPS) is 11.5. The van der Waals surface area contributed by atoms with Gasteiger partial charge in [0.25, 0.3) is 0 Å². The van der Waals surface area contributed by atoms with E-state index < -0.39 is 0 Å². The van der Waals surface area contributed by atoms with Gasteiger partial charge in [0.15, 0.2) is 0 Å². The van der Waals surface area contributed by atoms with Crippen LogP contribution in [0.25, 0.3) is 0 Å². The maximum absolute atomic E-state index is 2.30. The number of hydrogen-bond acceptors (Lipinski definition) is 0. The average molecular weight is 425 g/mol. The highest BCUT2D eigenvalue weighted by Crippen LogP contribution is 2.13. The monoisotopic (exact) mass is 425 g/mol. The first-order valence-corrected chi connectivity index (χ1v) is 9.86. The molecule has 0 saturated carbocycles. The number of halogens is 1. The molecule has 0 saturated heterocycles. The van der Waals surface area contributed by atoms with Crippen molar-refractivity contribution in [2.24, 2.45) is 0 Å². The Kier molecular flexibility index (Phi) is 20.4. The smallest absolute Gasteiger partial charge is 0.0780 e. The molecule has 0 aromatic heterocycles. The van der Waals surface area contributed by atoms with E-state index in [2.05, 4.69) is 28.1 Å². The lowest BCUT2D eigenvalue weighted by Crippen LogP contribution is -3.00. The van der Waals surface area contributed by atoms with Gasteiger partial charge in [-0.05, 0) is 12.8 Å². The number of hydrogen-bond donors (Lipinski definition) is 0. The van der Waals surface area contributed by atoms with Crippen molar-refractivity contribution < 1.29 is 28.5 Å². The average Bonchev–Trinajstić information content (AvgIpc) is 2.42. The Morgan fingerprint density at radius 2 is 0.727 bits per heavy atom. The molecule has 0 unspecified atom stereocenters. The molecule has 0 atom stereocenters. The molecule has 2 heteroatoms. The van der Waals surface area contributed by atoms with Gasteiger partial charge >= 0.3 is 0 Å². The largest absolute Gasteiger partial charge is 1.00 e. The summed E-state index contributed by atoms with van der Waals surface area (Å²) in [6.07, 6.45) is 21.9. The first-order valence-electron chi connectivity index (χ1n) is 9.86. The van der Waals surface area contributed by atoms with Gasteiger partial charge in [0.05, 0.1) is 27.7 Å². The molecule has 0 aromatic rings. The molecule has 1 nitrogen and oxygen atoms in total. The van der Waals surface area contributed by atoms with Gasteiger partial charge in [-0.3, -0.25) is 0 Å². The molecular formula is C20H44IN. The van der Waals surface area contributed by atoms with Crippen LogP contribution in [0, 0.1) is 0 Å². The van der Waals surface area contributed by atoms with Crippen molar-refractivity contribution in [2.75, 3.05) is 27.7 Å². The summed E-state index contributed by atoms with van der Waals surface area (Å²) in [5.41, 5.74) is 0. The third kappa shape index (κ3) is 23.0. The molecule has 0 bridgehead atoms. The molecule has 0 heterocycles. The van der Waals surface area contributed by atoms with E-state index in [-0.39, 0.29) is 24.0 Å². The van der Waals surface area contributed by atoms with Crippen molar-refractivity contribution in [1.29, 1.82) is 0 Å². The minimum atomic E-state index is 0. The van der Waals surface area contributed by atoms with Gasteiger partial charge in [0.2, 0.25) is 0 Å². The fourth-order valence-corrected chi connectivity index (χ4v) is 2.96. The molecule has 0 fully saturated rings. The van der Waals surface area contributed by atoms with E-state index >= 15 is 0 Å². The summed E-state index contributed by atoms with van der Waals surface area (Å²) in [6.45, 7) is 3.63. The van der Waals surface area contributed by atoms with Crippen LogP contribution in [0.2, 0.25) is 0 Å². The van der Waals surface area contributed by atoms with Crippen LogP contribution in [0.5, 0.6) is 0 Å². The van der Waals surface area contributed by atoms with Gasteiger partial charge in [-0.25, -0.2) is 0 Å². The Morgan fingerprint density at radius 3 is 1.00 bits per heavy atom. The third-order valence-corrected chi connectivity index (χ3v) is 4.43. The summed E-state index contributed by atoms with van der Waals surface area (Å²) in [7, 11) is 6.89. The highest BCUT2D eigenvalue weighted by molar-refractivity contribution is 4.49. The summed E-state index contributed by atoms with van der Waals surface area (Å²) < 4.78 is 1.12. The summed E-state index contributed by atoms with van der Waals surface area (Å²) in [5, 5.41) is 0. The van der Waals surface area contributed by atoms with Crippen LogP contribution < -0.4 is 24.0 Å². The molecule has 0 aliphatic rings. The summed E-state index contributed by atoms with van der Waals surface area (Å²) in [6, 6.07) is 0. The summed E-state index contributed by atoms with van der Waals surface area (Å²) in [4.78, 5) is 0. The number of rotatable bonds is 16. The van der Waals surface area contributed by atoms with Crippen LogP contribution in [0.3, 0.4) is 0 Å². The van der Waals surface area contributed by atoms with Crippen LogP contribution >= 0.6 is 0 Å². The van der Waals surface area contributed by atoms with Crippen LogP contribution in [0.1, 0.15) is 103 Å². The molecular weight excluding hydrogens is 381 g/mol. The number of nitrogens with zero attached hydrogens (tertiary/aromatic N) is 1. The molecule has 0 amide bonds. The fraction of sp³-hybridized carbons (Fsp3) is 1.00. The Hall–Kier alpha value is 0.690. The lowest BCUT2D eigenvalue weighted by Gasteiger charge is -2.23. The lowest BCUT2D eigenvalue weighted by atomic mass is 10.0. The zero-order valence-corrected chi connectivity index (χ0v) is 18.3. The van der Waals surface area contributed by atoms with E-state index in [0.717, 1.165) is 4.48 Å². The van der Waals surface area contributed by atoms with Gasteiger partial charge in [-0.2, -0.15) is 0 Å². The van der Waals surface area contributed by atoms with E-state index in [1.165, 1.54) is 103 Å². The number of unbranched alkanes of at least 4 members (excludes halogenated alkanes) is 14. The maximum Gasteiger partial charge on any atom is 0.0780 e. The standard InChI is InChI=1S/C20H44N.HI/c1-5-6-7-8-9-10-11-12-13-14-15-16-17-18-19-20-21(2,3)4;/h5-20H2,1-4H3;1H/q+1;/p-1. The molecule has 0 radical (unpaired) electrons. The zero-order chi connectivity index (χ0) is 15.8. The van der Waals surface area contributed by atoms with Gasteiger partial charge < -0.3 is 28.5 Å². The van der Waals surface area contributed by atoms with Crippen molar-refractivity contribution in [1.82, 2.24) is 0 Å². The molecule has 0 N–H and O–H groups in total. The van der Waals surface area contributed by atoms with Crippen molar-refractivity contribution >= 4 is 0 Å². The molecule has 0 aliphatic carbocycles. The second-order valence-corrected chi connectivity index (χ2v) is 7.96. The molecule has 0 aromatic carbocycles. The van der Waals surface area contributed by atoms with Crippen LogP contribution in [-0.2, 0) is 0 Å². The Balaban J connectivity index is 0. The van der Waals surface area contributed by atoms with Gasteiger partial charge in [-0.15, -0.1) is 0 Å².